The Hall–Kier alpha value is -1.96. The van der Waals surface area contributed by atoms with Gasteiger partial charge in [-0.1, -0.05) is 36.4 Å². The van der Waals surface area contributed by atoms with Crippen LogP contribution in [0, 0.1) is 6.67 Å². The fourth-order valence-corrected chi connectivity index (χ4v) is 1.88. The van der Waals surface area contributed by atoms with Crippen LogP contribution in [0.5, 0.6) is 0 Å². The first-order valence-corrected chi connectivity index (χ1v) is 5.09. The molecule has 0 saturated heterocycles. The van der Waals surface area contributed by atoms with Crippen LogP contribution >= 0.6 is 0 Å². The summed E-state index contributed by atoms with van der Waals surface area (Å²) in [6.07, 6.45) is 2.08. The molecule has 1 aliphatic rings. The first-order chi connectivity index (χ1) is 7.43. The monoisotopic (exact) mass is 196 g/mol. The zero-order chi connectivity index (χ0) is 10.1. The third-order valence-electron chi connectivity index (χ3n) is 2.66. The maximum atomic E-state index is 2.25. The van der Waals surface area contributed by atoms with Crippen LogP contribution in [0.2, 0.25) is 0 Å². The minimum atomic E-state index is 0.949. The molecule has 0 atom stereocenters. The number of hydrogen-bond donors (Lipinski definition) is 0. The van der Waals surface area contributed by atoms with E-state index in [1.165, 1.54) is 11.4 Å². The van der Waals surface area contributed by atoms with Crippen LogP contribution in [0.3, 0.4) is 0 Å². The van der Waals surface area contributed by atoms with E-state index in [-0.39, 0.29) is 0 Å². The molecule has 1 aromatic carbocycles. The summed E-state index contributed by atoms with van der Waals surface area (Å²) in [7, 11) is 0. The Labute approximate surface area is 89.4 Å². The van der Waals surface area contributed by atoms with Crippen LogP contribution in [0.15, 0.2) is 54.7 Å². The number of fused-ring (bicyclic) bond motifs is 1. The van der Waals surface area contributed by atoms with Gasteiger partial charge < -0.3 is 9.47 Å². The first-order valence-electron chi connectivity index (χ1n) is 5.09. The molecule has 0 saturated carbocycles. The number of aromatic nitrogens is 1. The quantitative estimate of drug-likeness (QED) is 0.499. The molecule has 0 unspecified atom stereocenters. The molecule has 0 bridgehead atoms. The van der Waals surface area contributed by atoms with E-state index in [4.69, 9.17) is 0 Å². The van der Waals surface area contributed by atoms with Gasteiger partial charge in [0.2, 0.25) is 0 Å². The Bertz CT molecular complexity index is 440. The van der Waals surface area contributed by atoms with Gasteiger partial charge >= 0.3 is 0 Å². The molecule has 2 aromatic rings. The van der Waals surface area contributed by atoms with Crippen LogP contribution in [0.25, 0.3) is 0 Å². The van der Waals surface area contributed by atoms with Crippen LogP contribution in [-0.4, -0.2) is 0 Å². The lowest BCUT2D eigenvalue weighted by atomic mass is 10.3. The maximum absolute atomic E-state index is 2.25. The van der Waals surface area contributed by atoms with Crippen molar-refractivity contribution >= 4 is 5.69 Å². The van der Waals surface area contributed by atoms with Gasteiger partial charge in [-0.25, -0.2) is 0 Å². The highest BCUT2D eigenvalue weighted by atomic mass is 15.3. The van der Waals surface area contributed by atoms with Crippen LogP contribution in [0.1, 0.15) is 5.69 Å². The molecule has 2 heterocycles. The van der Waals surface area contributed by atoms with Gasteiger partial charge in [0, 0.05) is 5.69 Å². The van der Waals surface area contributed by atoms with Crippen molar-refractivity contribution in [3.63, 3.8) is 0 Å². The molecular weight excluding hydrogens is 184 g/mol. The Morgan fingerprint density at radius 3 is 2.60 bits per heavy atom. The van der Waals surface area contributed by atoms with Crippen molar-refractivity contribution in [2.45, 2.75) is 6.54 Å². The van der Waals surface area contributed by atoms with Crippen molar-refractivity contribution in [2.24, 2.45) is 0 Å². The number of nitrogens with zero attached hydrogens (tertiary/aromatic N) is 2. The Morgan fingerprint density at radius 1 is 1.00 bits per heavy atom. The van der Waals surface area contributed by atoms with E-state index in [0.717, 1.165) is 6.54 Å². The highest BCUT2D eigenvalue weighted by Crippen LogP contribution is 2.19. The summed E-state index contributed by atoms with van der Waals surface area (Å²) >= 11 is 0. The molecule has 0 fully saturated rings. The van der Waals surface area contributed by atoms with Crippen LogP contribution < -0.4 is 9.47 Å². The van der Waals surface area contributed by atoms with E-state index in [1.54, 1.807) is 0 Å². The molecule has 0 spiro atoms. The van der Waals surface area contributed by atoms with Crippen molar-refractivity contribution in [1.29, 1.82) is 0 Å². The second-order valence-corrected chi connectivity index (χ2v) is 3.68. The molecule has 2 heteroatoms. The third kappa shape index (κ3) is 1.44. The van der Waals surface area contributed by atoms with E-state index in [1.807, 2.05) is 6.07 Å². The van der Waals surface area contributed by atoms with Gasteiger partial charge in [0.05, 0.1) is 12.7 Å². The molecule has 3 rings (SSSR count). The van der Waals surface area contributed by atoms with Gasteiger partial charge in [0.1, 0.15) is 12.4 Å². The molecule has 0 N–H and O–H groups in total. The van der Waals surface area contributed by atoms with Gasteiger partial charge in [0.15, 0.2) is 0 Å². The van der Waals surface area contributed by atoms with Crippen LogP contribution in [-0.2, 0) is 6.54 Å². The fraction of sp³-hybridized carbons (Fsp3) is 0.0769. The van der Waals surface area contributed by atoms with Gasteiger partial charge in [-0.15, -0.1) is 0 Å². The number of benzene rings is 1. The average Bonchev–Trinajstić information content (AvgIpc) is 2.74. The minimum Gasteiger partial charge on any atom is -0.349 e. The normalized spacial score (nSPS) is 13.5. The average molecular weight is 196 g/mol. The SMILES string of the molecule is c1ccc(N2[CH-][n+]3ccccc3C2)cc1. The van der Waals surface area contributed by atoms with Gasteiger partial charge in [-0.3, -0.25) is 0 Å². The molecule has 0 aliphatic carbocycles. The zero-order valence-corrected chi connectivity index (χ0v) is 8.38. The smallest absolute Gasteiger partial charge is 0.144 e. The first kappa shape index (κ1) is 8.36. The summed E-state index contributed by atoms with van der Waals surface area (Å²) in [5, 5.41) is 0. The lowest BCUT2D eigenvalue weighted by molar-refractivity contribution is -0.630. The molecule has 1 aliphatic heterocycles. The van der Waals surface area contributed by atoms with Crippen molar-refractivity contribution in [2.75, 3.05) is 4.90 Å². The standard InChI is InChI=1S/C13H12N2/c1-2-6-12(7-3-1)15-10-13-8-4-5-9-14(13)11-15/h1-9,11H,10H2. The zero-order valence-electron chi connectivity index (χ0n) is 8.38. The number of hydrogen-bond acceptors (Lipinski definition) is 1. The maximum Gasteiger partial charge on any atom is 0.144 e. The molecule has 0 radical (unpaired) electrons. The molecular formula is C13H12N2. The highest BCUT2D eigenvalue weighted by molar-refractivity contribution is 5.47. The van der Waals surface area contributed by atoms with Gasteiger partial charge in [-0.2, -0.15) is 0 Å². The van der Waals surface area contributed by atoms with E-state index in [2.05, 4.69) is 64.8 Å². The number of rotatable bonds is 1. The summed E-state index contributed by atoms with van der Waals surface area (Å²) in [5.41, 5.74) is 2.56. The lowest BCUT2D eigenvalue weighted by Crippen LogP contribution is -2.33. The lowest BCUT2D eigenvalue weighted by Gasteiger charge is -2.15. The van der Waals surface area contributed by atoms with E-state index in [9.17, 15) is 0 Å². The van der Waals surface area contributed by atoms with E-state index >= 15 is 0 Å². The third-order valence-corrected chi connectivity index (χ3v) is 2.66. The Kier molecular flexibility index (Phi) is 1.85. The molecule has 74 valence electrons. The topological polar surface area (TPSA) is 7.12 Å². The van der Waals surface area contributed by atoms with Crippen molar-refractivity contribution in [3.05, 3.63) is 67.1 Å². The second kappa shape index (κ2) is 3.31. The number of anilines is 1. The molecule has 0 amide bonds. The number of para-hydroxylation sites is 1. The summed E-state index contributed by atoms with van der Waals surface area (Å²) in [4.78, 5) is 2.25. The highest BCUT2D eigenvalue weighted by Gasteiger charge is 2.17. The van der Waals surface area contributed by atoms with E-state index < -0.39 is 0 Å². The Morgan fingerprint density at radius 2 is 1.80 bits per heavy atom. The van der Waals surface area contributed by atoms with Crippen molar-refractivity contribution < 1.29 is 4.57 Å². The minimum absolute atomic E-state index is 0.949. The fourth-order valence-electron chi connectivity index (χ4n) is 1.88. The molecule has 2 nitrogen and oxygen atoms in total. The van der Waals surface area contributed by atoms with Crippen LogP contribution in [0.4, 0.5) is 5.69 Å². The molecule has 15 heavy (non-hydrogen) atoms. The number of pyridine rings is 1. The van der Waals surface area contributed by atoms with Crippen molar-refractivity contribution in [1.82, 2.24) is 0 Å². The van der Waals surface area contributed by atoms with E-state index in [0.29, 0.717) is 0 Å². The Balaban J connectivity index is 1.91. The second-order valence-electron chi connectivity index (χ2n) is 3.68. The van der Waals surface area contributed by atoms with Crippen molar-refractivity contribution in [3.8, 4) is 0 Å². The largest absolute Gasteiger partial charge is 0.349 e. The summed E-state index contributed by atoms with van der Waals surface area (Å²) in [6.45, 7) is 3.08. The van der Waals surface area contributed by atoms with Gasteiger partial charge in [0.25, 0.3) is 0 Å². The summed E-state index contributed by atoms with van der Waals surface area (Å²) in [5.74, 6) is 0. The van der Waals surface area contributed by atoms with Gasteiger partial charge in [-0.05, 0) is 12.1 Å². The molecule has 1 aromatic heterocycles. The predicted molar refractivity (Wildman–Crippen MR) is 59.0 cm³/mol. The summed E-state index contributed by atoms with van der Waals surface area (Å²) < 4.78 is 2.16. The summed E-state index contributed by atoms with van der Waals surface area (Å²) in [6, 6.07) is 16.7. The predicted octanol–water partition coefficient (Wildman–Crippen LogP) is 1.96.